The van der Waals surface area contributed by atoms with Gasteiger partial charge in [0.2, 0.25) is 0 Å². The third-order valence-corrected chi connectivity index (χ3v) is 4.17. The number of hydrogen-bond donors (Lipinski definition) is 2. The number of anilines is 2. The van der Waals surface area contributed by atoms with E-state index in [1.165, 1.54) is 11.3 Å². The lowest BCUT2D eigenvalue weighted by Crippen LogP contribution is -3.00. The van der Waals surface area contributed by atoms with Gasteiger partial charge in [-0.1, -0.05) is 12.1 Å². The fourth-order valence-electron chi connectivity index (χ4n) is 2.61. The van der Waals surface area contributed by atoms with Crippen molar-refractivity contribution >= 4 is 29.4 Å². The van der Waals surface area contributed by atoms with Crippen LogP contribution >= 0.6 is 12.4 Å². The Morgan fingerprint density at radius 3 is 2.67 bits per heavy atom. The fourth-order valence-corrected chi connectivity index (χ4v) is 2.61. The zero-order valence-electron chi connectivity index (χ0n) is 14.1. The average molecular weight is 368 g/mol. The van der Waals surface area contributed by atoms with Gasteiger partial charge in [-0.2, -0.15) is 0 Å². The van der Waals surface area contributed by atoms with Gasteiger partial charge in [-0.25, -0.2) is 9.08 Å². The van der Waals surface area contributed by atoms with Gasteiger partial charge in [-0.15, -0.1) is 17.5 Å². The minimum Gasteiger partial charge on any atom is -1.00 e. The van der Waals surface area contributed by atoms with Crippen molar-refractivity contribution in [2.24, 2.45) is 7.05 Å². The van der Waals surface area contributed by atoms with E-state index < -0.39 is 0 Å². The minimum atomic E-state index is 0. The molecule has 5 nitrogen and oxygen atoms in total. The number of aromatic nitrogens is 3. The van der Waals surface area contributed by atoms with E-state index in [0.29, 0.717) is 5.69 Å². The highest BCUT2D eigenvalue weighted by Crippen LogP contribution is 2.25. The molecule has 0 aromatic carbocycles. The van der Waals surface area contributed by atoms with Crippen molar-refractivity contribution < 1.29 is 17.0 Å². The topological polar surface area (TPSA) is 59.2 Å². The van der Waals surface area contributed by atoms with Crippen molar-refractivity contribution in [3.8, 4) is 0 Å². The molecule has 0 amide bonds. The summed E-state index contributed by atoms with van der Waals surface area (Å²) in [6.45, 7) is 4.93. The van der Waals surface area contributed by atoms with Crippen LogP contribution in [0.15, 0.2) is 36.5 Å². The van der Waals surface area contributed by atoms with Crippen LogP contribution in [0.25, 0.3) is 5.52 Å². The number of rotatable bonds is 4. The molecule has 24 heavy (non-hydrogen) atoms. The number of nitrogens with two attached hydrogens (primary N) is 1. The van der Waals surface area contributed by atoms with Crippen LogP contribution in [-0.2, 0) is 13.5 Å². The molecule has 3 rings (SSSR count). The number of nitrogens with zero attached hydrogens (tertiary/aromatic N) is 3. The molecule has 0 aliphatic carbocycles. The molecule has 0 atom stereocenters. The third-order valence-electron chi connectivity index (χ3n) is 4.17. The van der Waals surface area contributed by atoms with E-state index in [4.69, 9.17) is 5.73 Å². The van der Waals surface area contributed by atoms with Crippen molar-refractivity contribution in [3.05, 3.63) is 53.5 Å². The van der Waals surface area contributed by atoms with Crippen molar-refractivity contribution in [3.63, 3.8) is 0 Å². The van der Waals surface area contributed by atoms with Crippen LogP contribution in [-0.4, -0.2) is 16.2 Å². The van der Waals surface area contributed by atoms with Gasteiger partial charge in [0.05, 0.1) is 5.52 Å². The van der Waals surface area contributed by atoms with Crippen LogP contribution in [0.1, 0.15) is 17.0 Å². The van der Waals surface area contributed by atoms with E-state index in [1.54, 1.807) is 0 Å². The molecule has 0 spiro atoms. The zero-order valence-corrected chi connectivity index (χ0v) is 15.7. The lowest BCUT2D eigenvalue weighted by Gasteiger charge is -2.03. The molecule has 7 heteroatoms. The molecular formula is C17H23Cl2N5. The predicted octanol–water partition coefficient (Wildman–Crippen LogP) is -0.562. The standard InChI is InChI=1S/C17H22N5.2ClH/c1-12-7-8-15-16(18)17(20-22(15)13(12)2)19-10-9-14-6-4-5-11-21(14)3;;/h4-8,11H,9-10,18H2,1-3H3,(H,19,20);2*1H/q+1;;/p-1. The number of nitrogens with one attached hydrogen (secondary N) is 1. The molecular weight excluding hydrogens is 345 g/mol. The van der Waals surface area contributed by atoms with E-state index in [-0.39, 0.29) is 24.8 Å². The van der Waals surface area contributed by atoms with Gasteiger partial charge in [0.25, 0.3) is 0 Å². The van der Waals surface area contributed by atoms with Gasteiger partial charge in [-0.3, -0.25) is 0 Å². The van der Waals surface area contributed by atoms with Crippen molar-refractivity contribution in [1.82, 2.24) is 9.61 Å². The molecule has 0 unspecified atom stereocenters. The van der Waals surface area contributed by atoms with E-state index >= 15 is 0 Å². The summed E-state index contributed by atoms with van der Waals surface area (Å²) in [7, 11) is 2.06. The largest absolute Gasteiger partial charge is 1.00 e. The number of hydrogen-bond acceptors (Lipinski definition) is 3. The van der Waals surface area contributed by atoms with Crippen LogP contribution < -0.4 is 28.0 Å². The average Bonchev–Trinajstić information content (AvgIpc) is 2.83. The van der Waals surface area contributed by atoms with Gasteiger partial charge < -0.3 is 23.5 Å². The quantitative estimate of drug-likeness (QED) is 0.607. The van der Waals surface area contributed by atoms with E-state index in [9.17, 15) is 0 Å². The molecule has 0 bridgehead atoms. The monoisotopic (exact) mass is 367 g/mol. The molecule has 3 aromatic heterocycles. The Balaban J connectivity index is 0.00000144. The SMILES string of the molecule is Cc1ccc2c(N)c(NCCc3cccc[n+]3C)nn2c1C.Cl.[Cl-]. The van der Waals surface area contributed by atoms with Gasteiger partial charge in [-0.05, 0) is 25.5 Å². The molecule has 3 heterocycles. The molecule has 0 radical (unpaired) electrons. The molecule has 0 saturated carbocycles. The number of aryl methyl sites for hydroxylation is 3. The summed E-state index contributed by atoms with van der Waals surface area (Å²) >= 11 is 0. The Hall–Kier alpha value is -1.98. The maximum Gasteiger partial charge on any atom is 0.182 e. The number of fused-ring (bicyclic) bond motifs is 1. The summed E-state index contributed by atoms with van der Waals surface area (Å²) in [4.78, 5) is 0. The molecule has 0 aliphatic rings. The van der Waals surface area contributed by atoms with Crippen molar-refractivity contribution in [2.45, 2.75) is 20.3 Å². The molecule has 0 aliphatic heterocycles. The fraction of sp³-hybridized carbons (Fsp3) is 0.294. The van der Waals surface area contributed by atoms with Crippen LogP contribution in [0.3, 0.4) is 0 Å². The molecule has 0 fully saturated rings. The highest BCUT2D eigenvalue weighted by molar-refractivity contribution is 5.85. The smallest absolute Gasteiger partial charge is 0.182 e. The maximum atomic E-state index is 6.22. The molecule has 130 valence electrons. The van der Waals surface area contributed by atoms with E-state index in [0.717, 1.165) is 30.0 Å². The lowest BCUT2D eigenvalue weighted by atomic mass is 10.2. The first-order chi connectivity index (χ1) is 10.6. The first-order valence-electron chi connectivity index (χ1n) is 7.49. The Morgan fingerprint density at radius 1 is 1.21 bits per heavy atom. The summed E-state index contributed by atoms with van der Waals surface area (Å²) in [5.41, 5.74) is 11.5. The maximum absolute atomic E-state index is 6.22. The first-order valence-corrected chi connectivity index (χ1v) is 7.49. The third kappa shape index (κ3) is 3.74. The summed E-state index contributed by atoms with van der Waals surface area (Å²) in [5, 5.41) is 7.95. The summed E-state index contributed by atoms with van der Waals surface area (Å²) in [6.07, 6.45) is 2.98. The summed E-state index contributed by atoms with van der Waals surface area (Å²) in [6, 6.07) is 10.3. The first kappa shape index (κ1) is 20.1. The normalized spacial score (nSPS) is 10.1. The van der Waals surface area contributed by atoms with Crippen molar-refractivity contribution in [1.29, 1.82) is 0 Å². The molecule has 3 N–H and O–H groups in total. The van der Waals surface area contributed by atoms with Crippen LogP contribution in [0.4, 0.5) is 11.5 Å². The second-order valence-electron chi connectivity index (χ2n) is 5.64. The highest BCUT2D eigenvalue weighted by Gasteiger charge is 2.12. The van der Waals surface area contributed by atoms with Gasteiger partial charge in [0.15, 0.2) is 17.7 Å². The minimum absolute atomic E-state index is 0. The second-order valence-corrected chi connectivity index (χ2v) is 5.64. The second kappa shape index (κ2) is 8.22. The summed E-state index contributed by atoms with van der Waals surface area (Å²) < 4.78 is 4.04. The Labute approximate surface area is 154 Å². The summed E-state index contributed by atoms with van der Waals surface area (Å²) in [5.74, 6) is 0.757. The van der Waals surface area contributed by atoms with Gasteiger partial charge >= 0.3 is 0 Å². The Bertz CT molecular complexity index is 829. The van der Waals surface area contributed by atoms with Gasteiger partial charge in [0.1, 0.15) is 12.7 Å². The number of halogens is 2. The highest BCUT2D eigenvalue weighted by atomic mass is 35.5. The van der Waals surface area contributed by atoms with Crippen LogP contribution in [0, 0.1) is 13.8 Å². The van der Waals surface area contributed by atoms with Crippen LogP contribution in [0.2, 0.25) is 0 Å². The number of nitrogen functional groups attached to an aromatic ring is 1. The van der Waals surface area contributed by atoms with Crippen LogP contribution in [0.5, 0.6) is 0 Å². The Kier molecular flexibility index (Phi) is 6.87. The Morgan fingerprint density at radius 2 is 1.96 bits per heavy atom. The molecule has 0 saturated heterocycles. The van der Waals surface area contributed by atoms with Gasteiger partial charge in [0, 0.05) is 30.8 Å². The number of pyridine rings is 2. The van der Waals surface area contributed by atoms with E-state index in [2.05, 4.69) is 60.3 Å². The zero-order chi connectivity index (χ0) is 15.7. The van der Waals surface area contributed by atoms with E-state index in [1.807, 2.05) is 16.6 Å². The predicted molar refractivity (Wildman–Crippen MR) is 96.1 cm³/mol. The molecule has 3 aromatic rings. The van der Waals surface area contributed by atoms with Crippen molar-refractivity contribution in [2.75, 3.05) is 17.6 Å². The lowest BCUT2D eigenvalue weighted by molar-refractivity contribution is -0.679.